The van der Waals surface area contributed by atoms with Crippen molar-refractivity contribution in [2.75, 3.05) is 24.6 Å². The number of rotatable bonds is 5. The summed E-state index contributed by atoms with van der Waals surface area (Å²) in [5, 5.41) is 3.68. The number of nitrogens with zero attached hydrogens (tertiary/aromatic N) is 2. The van der Waals surface area contributed by atoms with Gasteiger partial charge in [0.25, 0.3) is 0 Å². The summed E-state index contributed by atoms with van der Waals surface area (Å²) < 4.78 is 5.93. The van der Waals surface area contributed by atoms with E-state index in [1.807, 2.05) is 12.3 Å². The molecule has 116 valence electrons. The van der Waals surface area contributed by atoms with Crippen molar-refractivity contribution in [1.82, 2.24) is 10.3 Å². The Morgan fingerprint density at radius 3 is 3.10 bits per heavy atom. The zero-order valence-corrected chi connectivity index (χ0v) is 13.1. The fraction of sp³-hybridized carbons (Fsp3) is 0.706. The van der Waals surface area contributed by atoms with Crippen molar-refractivity contribution in [3.8, 4) is 5.75 Å². The second-order valence-electron chi connectivity index (χ2n) is 6.13. The van der Waals surface area contributed by atoms with Crippen LogP contribution in [0.25, 0.3) is 0 Å². The van der Waals surface area contributed by atoms with Gasteiger partial charge in [-0.1, -0.05) is 6.92 Å². The van der Waals surface area contributed by atoms with Crippen molar-refractivity contribution in [3.63, 3.8) is 0 Å². The van der Waals surface area contributed by atoms with E-state index in [0.29, 0.717) is 12.1 Å². The third-order valence-corrected chi connectivity index (χ3v) is 4.60. The summed E-state index contributed by atoms with van der Waals surface area (Å²) in [6.07, 6.45) is 9.37. The van der Waals surface area contributed by atoms with E-state index in [9.17, 15) is 0 Å². The SMILES string of the molecule is CCCOc1cccnc1N1CCCCC1C1CCCN1. The highest BCUT2D eigenvalue weighted by atomic mass is 16.5. The molecule has 1 N–H and O–H groups in total. The Morgan fingerprint density at radius 1 is 1.33 bits per heavy atom. The topological polar surface area (TPSA) is 37.4 Å². The van der Waals surface area contributed by atoms with Gasteiger partial charge in [0.2, 0.25) is 0 Å². The highest BCUT2D eigenvalue weighted by Crippen LogP contribution is 2.33. The van der Waals surface area contributed by atoms with Crippen molar-refractivity contribution < 1.29 is 4.74 Å². The van der Waals surface area contributed by atoms with Crippen LogP contribution in [-0.2, 0) is 0 Å². The number of pyridine rings is 1. The molecule has 2 fully saturated rings. The predicted octanol–water partition coefficient (Wildman–Crippen LogP) is 2.98. The van der Waals surface area contributed by atoms with E-state index in [-0.39, 0.29) is 0 Å². The molecule has 2 aliphatic heterocycles. The normalized spacial score (nSPS) is 26.0. The number of ether oxygens (including phenoxy) is 1. The Bertz CT molecular complexity index is 445. The van der Waals surface area contributed by atoms with Gasteiger partial charge in [-0.3, -0.25) is 0 Å². The molecule has 0 saturated carbocycles. The summed E-state index contributed by atoms with van der Waals surface area (Å²) in [7, 11) is 0. The van der Waals surface area contributed by atoms with Gasteiger partial charge in [0.1, 0.15) is 0 Å². The molecule has 0 aliphatic carbocycles. The number of hydrogen-bond donors (Lipinski definition) is 1. The van der Waals surface area contributed by atoms with E-state index in [0.717, 1.165) is 37.7 Å². The largest absolute Gasteiger partial charge is 0.490 e. The first-order valence-electron chi connectivity index (χ1n) is 8.48. The molecule has 2 saturated heterocycles. The number of piperidine rings is 1. The van der Waals surface area contributed by atoms with Gasteiger partial charge >= 0.3 is 0 Å². The molecule has 0 bridgehead atoms. The summed E-state index contributed by atoms with van der Waals surface area (Å²) >= 11 is 0. The molecule has 2 aliphatic rings. The monoisotopic (exact) mass is 289 g/mol. The molecule has 4 heteroatoms. The summed E-state index contributed by atoms with van der Waals surface area (Å²) in [5.41, 5.74) is 0. The van der Waals surface area contributed by atoms with E-state index in [1.165, 1.54) is 32.1 Å². The molecule has 2 atom stereocenters. The lowest BCUT2D eigenvalue weighted by molar-refractivity contribution is 0.311. The van der Waals surface area contributed by atoms with Crippen LogP contribution in [0, 0.1) is 0 Å². The molecule has 1 aromatic heterocycles. The van der Waals surface area contributed by atoms with E-state index < -0.39 is 0 Å². The van der Waals surface area contributed by atoms with Crippen LogP contribution in [-0.4, -0.2) is 36.8 Å². The molecule has 3 heterocycles. The lowest BCUT2D eigenvalue weighted by Crippen LogP contribution is -2.50. The summed E-state index contributed by atoms with van der Waals surface area (Å²) in [4.78, 5) is 7.15. The van der Waals surface area contributed by atoms with E-state index >= 15 is 0 Å². The van der Waals surface area contributed by atoms with E-state index in [1.54, 1.807) is 0 Å². The Balaban J connectivity index is 1.82. The minimum absolute atomic E-state index is 0.570. The van der Waals surface area contributed by atoms with Crippen LogP contribution in [0.15, 0.2) is 18.3 Å². The zero-order chi connectivity index (χ0) is 14.5. The second kappa shape index (κ2) is 7.12. The van der Waals surface area contributed by atoms with Crippen LogP contribution < -0.4 is 15.0 Å². The van der Waals surface area contributed by atoms with Gasteiger partial charge in [-0.25, -0.2) is 4.98 Å². The lowest BCUT2D eigenvalue weighted by Gasteiger charge is -2.40. The molecule has 2 unspecified atom stereocenters. The molecule has 4 nitrogen and oxygen atoms in total. The quantitative estimate of drug-likeness (QED) is 0.904. The molecule has 3 rings (SSSR count). The van der Waals surface area contributed by atoms with Crippen molar-refractivity contribution >= 4 is 5.82 Å². The number of hydrogen-bond acceptors (Lipinski definition) is 4. The van der Waals surface area contributed by atoms with Gasteiger partial charge in [-0.05, 0) is 57.2 Å². The van der Waals surface area contributed by atoms with Crippen molar-refractivity contribution in [2.45, 2.75) is 57.5 Å². The fourth-order valence-corrected chi connectivity index (χ4v) is 3.60. The first-order valence-corrected chi connectivity index (χ1v) is 8.48. The summed E-state index contributed by atoms with van der Waals surface area (Å²) in [6.45, 7) is 5.17. The third kappa shape index (κ3) is 3.31. The van der Waals surface area contributed by atoms with Crippen molar-refractivity contribution in [3.05, 3.63) is 18.3 Å². The molecule has 0 aromatic carbocycles. The summed E-state index contributed by atoms with van der Waals surface area (Å²) in [6, 6.07) is 5.22. The molecular formula is C17H27N3O. The maximum absolute atomic E-state index is 5.93. The Kier molecular flexibility index (Phi) is 4.96. The van der Waals surface area contributed by atoms with Crippen LogP contribution in [0.4, 0.5) is 5.82 Å². The average Bonchev–Trinajstić information content (AvgIpc) is 3.07. The first-order chi connectivity index (χ1) is 10.4. The van der Waals surface area contributed by atoms with Crippen molar-refractivity contribution in [2.24, 2.45) is 0 Å². The minimum Gasteiger partial charge on any atom is -0.490 e. The first kappa shape index (κ1) is 14.6. The van der Waals surface area contributed by atoms with E-state index in [4.69, 9.17) is 4.74 Å². The molecule has 0 radical (unpaired) electrons. The van der Waals surface area contributed by atoms with E-state index in [2.05, 4.69) is 28.2 Å². The highest BCUT2D eigenvalue weighted by molar-refractivity contribution is 5.53. The van der Waals surface area contributed by atoms with Gasteiger partial charge < -0.3 is 15.0 Å². The average molecular weight is 289 g/mol. The lowest BCUT2D eigenvalue weighted by atomic mass is 9.94. The van der Waals surface area contributed by atoms with Gasteiger partial charge in [0.05, 0.1) is 6.61 Å². The van der Waals surface area contributed by atoms with Gasteiger partial charge in [0.15, 0.2) is 11.6 Å². The van der Waals surface area contributed by atoms with Gasteiger partial charge in [-0.2, -0.15) is 0 Å². The molecule has 1 aromatic rings. The van der Waals surface area contributed by atoms with Crippen LogP contribution in [0.5, 0.6) is 5.75 Å². The standard InChI is InChI=1S/C17H27N3O/c1-2-13-21-16-9-6-11-19-17(16)20-12-4-3-8-15(20)14-7-5-10-18-14/h6,9,11,14-15,18H,2-5,7-8,10,12-13H2,1H3. The minimum atomic E-state index is 0.570. The van der Waals surface area contributed by atoms with Gasteiger partial charge in [0, 0.05) is 24.8 Å². The maximum Gasteiger partial charge on any atom is 0.171 e. The number of anilines is 1. The molecule has 0 spiro atoms. The molecular weight excluding hydrogens is 262 g/mol. The zero-order valence-electron chi connectivity index (χ0n) is 13.1. The van der Waals surface area contributed by atoms with Crippen LogP contribution in [0.3, 0.4) is 0 Å². The second-order valence-corrected chi connectivity index (χ2v) is 6.13. The molecule has 0 amide bonds. The van der Waals surface area contributed by atoms with Gasteiger partial charge in [-0.15, -0.1) is 0 Å². The Labute approximate surface area is 127 Å². The number of aromatic nitrogens is 1. The highest BCUT2D eigenvalue weighted by Gasteiger charge is 2.33. The molecule has 21 heavy (non-hydrogen) atoms. The maximum atomic E-state index is 5.93. The van der Waals surface area contributed by atoms with Crippen LogP contribution in [0.2, 0.25) is 0 Å². The summed E-state index contributed by atoms with van der Waals surface area (Å²) in [5.74, 6) is 1.99. The Hall–Kier alpha value is -1.29. The van der Waals surface area contributed by atoms with Crippen molar-refractivity contribution in [1.29, 1.82) is 0 Å². The number of nitrogens with one attached hydrogen (secondary N) is 1. The predicted molar refractivity (Wildman–Crippen MR) is 86.0 cm³/mol. The fourth-order valence-electron chi connectivity index (χ4n) is 3.60. The van der Waals surface area contributed by atoms with Crippen LogP contribution >= 0.6 is 0 Å². The smallest absolute Gasteiger partial charge is 0.171 e. The third-order valence-electron chi connectivity index (χ3n) is 4.60. The van der Waals surface area contributed by atoms with Crippen LogP contribution in [0.1, 0.15) is 45.4 Å². The Morgan fingerprint density at radius 2 is 2.29 bits per heavy atom.